The molecule has 1 aromatic heterocycles. The largest absolute Gasteiger partial charge is 0.465 e. The van der Waals surface area contributed by atoms with E-state index in [-0.39, 0.29) is 13.1 Å². The van der Waals surface area contributed by atoms with Crippen LogP contribution in [0, 0.1) is 25.2 Å². The molecule has 0 fully saturated rings. The molecule has 0 saturated heterocycles. The number of rotatable bonds is 5. The van der Waals surface area contributed by atoms with Crippen molar-refractivity contribution in [1.82, 2.24) is 9.78 Å². The number of nitriles is 1. The zero-order valence-corrected chi connectivity index (χ0v) is 14.3. The first-order valence-corrected chi connectivity index (χ1v) is 7.58. The Morgan fingerprint density at radius 2 is 2.16 bits per heavy atom. The summed E-state index contributed by atoms with van der Waals surface area (Å²) in [5.74, 6) is 0. The van der Waals surface area contributed by atoms with Crippen LogP contribution in [0.3, 0.4) is 0 Å². The maximum absolute atomic E-state index is 11.8. The zero-order valence-electron chi connectivity index (χ0n) is 14.3. The van der Waals surface area contributed by atoms with Gasteiger partial charge in [0, 0.05) is 0 Å². The van der Waals surface area contributed by atoms with Crippen LogP contribution in [0.5, 0.6) is 0 Å². The van der Waals surface area contributed by atoms with E-state index in [1.165, 1.54) is 4.90 Å². The molecule has 0 saturated carbocycles. The third-order valence-corrected chi connectivity index (χ3v) is 3.79. The Kier molecular flexibility index (Phi) is 5.39. The SMILES string of the molecule is CC(Cn1nc(C)c(N(Cc2cccc(C#N)c2)C(=O)O)c1C)=NO. The minimum absolute atomic E-state index is 0.102. The highest BCUT2D eigenvalue weighted by molar-refractivity contribution is 5.88. The summed E-state index contributed by atoms with van der Waals surface area (Å²) in [7, 11) is 0. The second-order valence-electron chi connectivity index (χ2n) is 5.69. The van der Waals surface area contributed by atoms with E-state index in [4.69, 9.17) is 10.5 Å². The van der Waals surface area contributed by atoms with Crippen LogP contribution in [0.2, 0.25) is 0 Å². The Morgan fingerprint density at radius 3 is 2.76 bits per heavy atom. The summed E-state index contributed by atoms with van der Waals surface area (Å²) in [6, 6.07) is 8.86. The lowest BCUT2D eigenvalue weighted by Gasteiger charge is -2.20. The maximum atomic E-state index is 11.8. The van der Waals surface area contributed by atoms with E-state index in [1.54, 1.807) is 49.7 Å². The third-order valence-electron chi connectivity index (χ3n) is 3.79. The first-order valence-electron chi connectivity index (χ1n) is 7.58. The molecule has 8 nitrogen and oxygen atoms in total. The van der Waals surface area contributed by atoms with Crippen LogP contribution >= 0.6 is 0 Å². The zero-order chi connectivity index (χ0) is 18.6. The molecule has 0 aliphatic carbocycles. The van der Waals surface area contributed by atoms with Gasteiger partial charge in [0.15, 0.2) is 0 Å². The first kappa shape index (κ1) is 18.0. The van der Waals surface area contributed by atoms with Gasteiger partial charge < -0.3 is 10.3 Å². The number of aromatic nitrogens is 2. The Balaban J connectivity index is 2.41. The van der Waals surface area contributed by atoms with Gasteiger partial charge in [-0.15, -0.1) is 0 Å². The molecule has 0 aliphatic heterocycles. The lowest BCUT2D eigenvalue weighted by atomic mass is 10.1. The van der Waals surface area contributed by atoms with Gasteiger partial charge in [0.1, 0.15) is 0 Å². The fourth-order valence-corrected chi connectivity index (χ4v) is 2.64. The summed E-state index contributed by atoms with van der Waals surface area (Å²) in [6.07, 6.45) is -1.11. The quantitative estimate of drug-likeness (QED) is 0.493. The molecule has 8 heteroatoms. The third kappa shape index (κ3) is 3.95. The summed E-state index contributed by atoms with van der Waals surface area (Å²) in [5, 5.41) is 34.9. The number of benzene rings is 1. The maximum Gasteiger partial charge on any atom is 0.412 e. The summed E-state index contributed by atoms with van der Waals surface area (Å²) >= 11 is 0. The molecule has 0 unspecified atom stereocenters. The topological polar surface area (TPSA) is 115 Å². The molecule has 0 atom stereocenters. The van der Waals surface area contributed by atoms with Crippen LogP contribution in [-0.4, -0.2) is 31.9 Å². The highest BCUT2D eigenvalue weighted by Crippen LogP contribution is 2.26. The first-order chi connectivity index (χ1) is 11.9. The molecule has 130 valence electrons. The van der Waals surface area contributed by atoms with Gasteiger partial charge in [-0.1, -0.05) is 17.3 Å². The van der Waals surface area contributed by atoms with E-state index < -0.39 is 6.09 Å². The second kappa shape index (κ2) is 7.49. The number of hydrogen-bond acceptors (Lipinski definition) is 5. The van der Waals surface area contributed by atoms with Crippen LogP contribution in [0.25, 0.3) is 0 Å². The molecule has 0 spiro atoms. The van der Waals surface area contributed by atoms with Gasteiger partial charge in [-0.25, -0.2) is 4.79 Å². The minimum atomic E-state index is -1.11. The molecule has 1 aromatic carbocycles. The van der Waals surface area contributed by atoms with Gasteiger partial charge in [0.05, 0.1) is 47.5 Å². The smallest absolute Gasteiger partial charge is 0.412 e. The number of anilines is 1. The van der Waals surface area contributed by atoms with Crippen molar-refractivity contribution in [3.05, 3.63) is 46.8 Å². The fourth-order valence-electron chi connectivity index (χ4n) is 2.64. The molecule has 2 rings (SSSR count). The van der Waals surface area contributed by atoms with Gasteiger partial charge in [-0.2, -0.15) is 10.4 Å². The second-order valence-corrected chi connectivity index (χ2v) is 5.69. The van der Waals surface area contributed by atoms with E-state index in [0.717, 1.165) is 0 Å². The number of aryl methyl sites for hydroxylation is 1. The Hall–Kier alpha value is -3.34. The van der Waals surface area contributed by atoms with Gasteiger partial charge >= 0.3 is 6.09 Å². The van der Waals surface area contributed by atoms with Crippen molar-refractivity contribution >= 4 is 17.5 Å². The van der Waals surface area contributed by atoms with E-state index in [1.807, 2.05) is 6.07 Å². The van der Waals surface area contributed by atoms with Crippen LogP contribution in [0.4, 0.5) is 10.5 Å². The number of carboxylic acid groups (broad SMARTS) is 1. The van der Waals surface area contributed by atoms with Crippen molar-refractivity contribution < 1.29 is 15.1 Å². The van der Waals surface area contributed by atoms with Gasteiger partial charge in [0.2, 0.25) is 0 Å². The monoisotopic (exact) mass is 341 g/mol. The standard InChI is InChI=1S/C17H19N5O3/c1-11(20-25)9-22-13(3)16(12(2)19-22)21(17(23)24)10-15-6-4-5-14(7-15)8-18/h4-7,25H,9-10H2,1-3H3,(H,23,24). The summed E-state index contributed by atoms with van der Waals surface area (Å²) < 4.78 is 1.60. The van der Waals surface area contributed by atoms with Crippen LogP contribution < -0.4 is 4.90 Å². The Bertz CT molecular complexity index is 864. The predicted octanol–water partition coefficient (Wildman–Crippen LogP) is 2.91. The van der Waals surface area contributed by atoms with Crippen molar-refractivity contribution in [3.63, 3.8) is 0 Å². The molecular weight excluding hydrogens is 322 g/mol. The summed E-state index contributed by atoms with van der Waals surface area (Å²) in [5.41, 5.74) is 3.34. The molecule has 1 amide bonds. The molecule has 2 aromatic rings. The van der Waals surface area contributed by atoms with Crippen molar-refractivity contribution in [3.8, 4) is 6.07 Å². The predicted molar refractivity (Wildman–Crippen MR) is 92.0 cm³/mol. The molecule has 25 heavy (non-hydrogen) atoms. The van der Waals surface area contributed by atoms with Gasteiger partial charge in [0.25, 0.3) is 0 Å². The number of nitrogens with zero attached hydrogens (tertiary/aromatic N) is 5. The van der Waals surface area contributed by atoms with Crippen LogP contribution in [-0.2, 0) is 13.1 Å². The minimum Gasteiger partial charge on any atom is -0.465 e. The summed E-state index contributed by atoms with van der Waals surface area (Å²) in [4.78, 5) is 13.0. The highest BCUT2D eigenvalue weighted by Gasteiger charge is 2.23. The average molecular weight is 341 g/mol. The van der Waals surface area contributed by atoms with Crippen molar-refractivity contribution in [2.75, 3.05) is 4.90 Å². The highest BCUT2D eigenvalue weighted by atomic mass is 16.4. The van der Waals surface area contributed by atoms with Gasteiger partial charge in [-0.05, 0) is 38.5 Å². The van der Waals surface area contributed by atoms with Gasteiger partial charge in [-0.3, -0.25) is 9.58 Å². The number of carbonyl (C=O) groups is 1. The molecular formula is C17H19N5O3. The lowest BCUT2D eigenvalue weighted by molar-refractivity contribution is 0.201. The van der Waals surface area contributed by atoms with Crippen molar-refractivity contribution in [2.45, 2.75) is 33.9 Å². The average Bonchev–Trinajstić information content (AvgIpc) is 2.86. The number of oxime groups is 1. The molecule has 0 bridgehead atoms. The number of hydrogen-bond donors (Lipinski definition) is 2. The normalized spacial score (nSPS) is 11.2. The summed E-state index contributed by atoms with van der Waals surface area (Å²) in [6.45, 7) is 5.51. The van der Waals surface area contributed by atoms with E-state index in [0.29, 0.717) is 33.9 Å². The molecule has 0 radical (unpaired) electrons. The van der Waals surface area contributed by atoms with Crippen molar-refractivity contribution in [2.24, 2.45) is 5.16 Å². The fraction of sp³-hybridized carbons (Fsp3) is 0.294. The van der Waals surface area contributed by atoms with Crippen LogP contribution in [0.1, 0.15) is 29.4 Å². The van der Waals surface area contributed by atoms with Crippen LogP contribution in [0.15, 0.2) is 29.4 Å². The van der Waals surface area contributed by atoms with E-state index in [2.05, 4.69) is 10.3 Å². The molecule has 1 heterocycles. The molecule has 0 aliphatic rings. The van der Waals surface area contributed by atoms with Crippen molar-refractivity contribution in [1.29, 1.82) is 5.26 Å². The Labute approximate surface area is 145 Å². The Morgan fingerprint density at radius 1 is 1.44 bits per heavy atom. The molecule has 2 N–H and O–H groups in total. The number of amides is 1. The van der Waals surface area contributed by atoms with E-state index >= 15 is 0 Å². The van der Waals surface area contributed by atoms with E-state index in [9.17, 15) is 9.90 Å². The lowest BCUT2D eigenvalue weighted by Crippen LogP contribution is -2.29.